The Hall–Kier alpha value is -0.890. The van der Waals surface area contributed by atoms with Gasteiger partial charge in [0.05, 0.1) is 0 Å². The summed E-state index contributed by atoms with van der Waals surface area (Å²) in [6, 6.07) is 4.68. The summed E-state index contributed by atoms with van der Waals surface area (Å²) in [4.78, 5) is 4.41. The van der Waals surface area contributed by atoms with Crippen molar-refractivity contribution in [3.05, 3.63) is 29.6 Å². The molecule has 2 heteroatoms. The van der Waals surface area contributed by atoms with E-state index in [1.165, 1.54) is 11.3 Å². The van der Waals surface area contributed by atoms with E-state index in [9.17, 15) is 0 Å². The van der Waals surface area contributed by atoms with Gasteiger partial charge in [-0.3, -0.25) is 4.98 Å². The van der Waals surface area contributed by atoms with Crippen molar-refractivity contribution < 1.29 is 0 Å². The summed E-state index contributed by atoms with van der Waals surface area (Å²) in [5.41, 5.74) is 2.52. The zero-order chi connectivity index (χ0) is 10.4. The summed E-state index contributed by atoms with van der Waals surface area (Å²) in [7, 11) is 0. The molecule has 1 aromatic rings. The number of pyridine rings is 1. The van der Waals surface area contributed by atoms with E-state index < -0.39 is 0 Å². The van der Waals surface area contributed by atoms with Crippen molar-refractivity contribution in [2.45, 2.75) is 39.7 Å². The van der Waals surface area contributed by atoms with E-state index in [0.29, 0.717) is 6.04 Å². The number of hydrogen-bond donors (Lipinski definition) is 1. The van der Waals surface area contributed by atoms with Crippen molar-refractivity contribution in [3.63, 3.8) is 0 Å². The normalized spacial score (nSPS) is 12.8. The lowest BCUT2D eigenvalue weighted by molar-refractivity contribution is 0.504. The summed E-state index contributed by atoms with van der Waals surface area (Å²) in [6.07, 6.45) is 4.07. The molecule has 0 amide bonds. The van der Waals surface area contributed by atoms with Crippen LogP contribution in [-0.2, 0) is 6.42 Å². The second-order valence-electron chi connectivity index (χ2n) is 3.63. The van der Waals surface area contributed by atoms with Gasteiger partial charge < -0.3 is 5.32 Å². The monoisotopic (exact) mass is 192 g/mol. The summed E-state index contributed by atoms with van der Waals surface area (Å²) in [5.74, 6) is 0. The number of likely N-dealkylation sites (N-methyl/N-ethyl adjacent to an activating group) is 1. The van der Waals surface area contributed by atoms with Crippen LogP contribution in [0.3, 0.4) is 0 Å². The second kappa shape index (κ2) is 5.76. The van der Waals surface area contributed by atoms with Gasteiger partial charge in [-0.15, -0.1) is 0 Å². The molecule has 1 heterocycles. The standard InChI is InChI=1S/C12H20N2/c1-4-11(13-5-2)9-12-10(3)7-6-8-14-12/h6-8,11,13H,4-5,9H2,1-3H3. The highest BCUT2D eigenvalue weighted by Crippen LogP contribution is 2.07. The molecular formula is C12H20N2. The van der Waals surface area contributed by atoms with Crippen molar-refractivity contribution >= 4 is 0 Å². The molecule has 1 rings (SSSR count). The first-order valence-corrected chi connectivity index (χ1v) is 5.41. The van der Waals surface area contributed by atoms with E-state index in [4.69, 9.17) is 0 Å². The van der Waals surface area contributed by atoms with Crippen molar-refractivity contribution in [1.82, 2.24) is 10.3 Å². The Morgan fingerprint density at radius 2 is 2.21 bits per heavy atom. The Morgan fingerprint density at radius 1 is 1.43 bits per heavy atom. The first kappa shape index (κ1) is 11.2. The molecule has 0 saturated heterocycles. The van der Waals surface area contributed by atoms with Gasteiger partial charge in [-0.2, -0.15) is 0 Å². The quantitative estimate of drug-likeness (QED) is 0.774. The summed E-state index contributed by atoms with van der Waals surface area (Å²) >= 11 is 0. The summed E-state index contributed by atoms with van der Waals surface area (Å²) < 4.78 is 0. The van der Waals surface area contributed by atoms with Crippen molar-refractivity contribution in [3.8, 4) is 0 Å². The molecule has 1 unspecified atom stereocenters. The Balaban J connectivity index is 2.62. The number of aryl methyl sites for hydroxylation is 1. The van der Waals surface area contributed by atoms with Gasteiger partial charge in [0.25, 0.3) is 0 Å². The molecular weight excluding hydrogens is 172 g/mol. The number of rotatable bonds is 5. The first-order chi connectivity index (χ1) is 6.77. The molecule has 0 aliphatic heterocycles. The summed E-state index contributed by atoms with van der Waals surface area (Å²) in [6.45, 7) is 7.52. The van der Waals surface area contributed by atoms with Crippen LogP contribution in [0.1, 0.15) is 31.5 Å². The molecule has 0 aliphatic rings. The Morgan fingerprint density at radius 3 is 2.79 bits per heavy atom. The van der Waals surface area contributed by atoms with Gasteiger partial charge in [-0.25, -0.2) is 0 Å². The minimum absolute atomic E-state index is 0.564. The van der Waals surface area contributed by atoms with Crippen LogP contribution < -0.4 is 5.32 Å². The third-order valence-corrected chi connectivity index (χ3v) is 2.54. The Kier molecular flexibility index (Phi) is 4.60. The van der Waals surface area contributed by atoms with Crippen LogP contribution in [0.4, 0.5) is 0 Å². The molecule has 1 aromatic heterocycles. The highest BCUT2D eigenvalue weighted by atomic mass is 14.9. The topological polar surface area (TPSA) is 24.9 Å². The van der Waals surface area contributed by atoms with Crippen LogP contribution in [-0.4, -0.2) is 17.6 Å². The maximum atomic E-state index is 4.41. The van der Waals surface area contributed by atoms with Gasteiger partial charge in [-0.1, -0.05) is 19.9 Å². The van der Waals surface area contributed by atoms with E-state index in [-0.39, 0.29) is 0 Å². The molecule has 2 nitrogen and oxygen atoms in total. The van der Waals surface area contributed by atoms with Crippen LogP contribution in [0.25, 0.3) is 0 Å². The summed E-state index contributed by atoms with van der Waals surface area (Å²) in [5, 5.41) is 3.47. The Bertz CT molecular complexity index is 271. The SMILES string of the molecule is CCNC(CC)Cc1ncccc1C. The fourth-order valence-electron chi connectivity index (χ4n) is 1.61. The number of nitrogens with zero attached hydrogens (tertiary/aromatic N) is 1. The van der Waals surface area contributed by atoms with Crippen molar-refractivity contribution in [1.29, 1.82) is 0 Å². The average molecular weight is 192 g/mol. The minimum Gasteiger partial charge on any atom is -0.314 e. The average Bonchev–Trinajstić information content (AvgIpc) is 2.20. The third-order valence-electron chi connectivity index (χ3n) is 2.54. The van der Waals surface area contributed by atoms with Crippen LogP contribution in [0.2, 0.25) is 0 Å². The highest BCUT2D eigenvalue weighted by molar-refractivity contribution is 5.18. The molecule has 0 fully saturated rings. The number of hydrogen-bond acceptors (Lipinski definition) is 2. The number of aromatic nitrogens is 1. The van der Waals surface area contributed by atoms with Gasteiger partial charge in [0.2, 0.25) is 0 Å². The lowest BCUT2D eigenvalue weighted by Crippen LogP contribution is -2.30. The smallest absolute Gasteiger partial charge is 0.0448 e. The molecule has 0 aromatic carbocycles. The lowest BCUT2D eigenvalue weighted by Gasteiger charge is -2.16. The van der Waals surface area contributed by atoms with Gasteiger partial charge >= 0.3 is 0 Å². The third kappa shape index (κ3) is 3.11. The zero-order valence-corrected chi connectivity index (χ0v) is 9.38. The maximum absolute atomic E-state index is 4.41. The minimum atomic E-state index is 0.564. The van der Waals surface area contributed by atoms with Crippen LogP contribution in [0.5, 0.6) is 0 Å². The maximum Gasteiger partial charge on any atom is 0.0448 e. The van der Waals surface area contributed by atoms with Crippen molar-refractivity contribution in [2.75, 3.05) is 6.54 Å². The fourth-order valence-corrected chi connectivity index (χ4v) is 1.61. The molecule has 14 heavy (non-hydrogen) atoms. The van der Waals surface area contributed by atoms with Gasteiger partial charge in [0.15, 0.2) is 0 Å². The first-order valence-electron chi connectivity index (χ1n) is 5.41. The fraction of sp³-hybridized carbons (Fsp3) is 0.583. The molecule has 78 valence electrons. The van der Waals surface area contributed by atoms with E-state index in [2.05, 4.69) is 37.1 Å². The molecule has 0 bridgehead atoms. The van der Waals surface area contributed by atoms with Crippen LogP contribution >= 0.6 is 0 Å². The second-order valence-corrected chi connectivity index (χ2v) is 3.63. The lowest BCUT2D eigenvalue weighted by atomic mass is 10.1. The van der Waals surface area contributed by atoms with Crippen LogP contribution in [0.15, 0.2) is 18.3 Å². The van der Waals surface area contributed by atoms with Crippen molar-refractivity contribution in [2.24, 2.45) is 0 Å². The molecule has 0 saturated carbocycles. The molecule has 0 radical (unpaired) electrons. The van der Waals surface area contributed by atoms with E-state index in [1.807, 2.05) is 12.3 Å². The predicted octanol–water partition coefficient (Wildman–Crippen LogP) is 2.32. The van der Waals surface area contributed by atoms with E-state index in [1.54, 1.807) is 0 Å². The molecule has 1 atom stereocenters. The zero-order valence-electron chi connectivity index (χ0n) is 9.38. The van der Waals surface area contributed by atoms with Gasteiger partial charge in [0, 0.05) is 24.4 Å². The largest absolute Gasteiger partial charge is 0.314 e. The Labute approximate surface area is 86.8 Å². The molecule has 0 spiro atoms. The molecule has 0 aliphatic carbocycles. The number of nitrogens with one attached hydrogen (secondary N) is 1. The predicted molar refractivity (Wildman–Crippen MR) is 60.4 cm³/mol. The van der Waals surface area contributed by atoms with E-state index >= 15 is 0 Å². The highest BCUT2D eigenvalue weighted by Gasteiger charge is 2.07. The van der Waals surface area contributed by atoms with Gasteiger partial charge in [0.1, 0.15) is 0 Å². The van der Waals surface area contributed by atoms with E-state index in [0.717, 1.165) is 19.4 Å². The molecule has 1 N–H and O–H groups in total. The van der Waals surface area contributed by atoms with Gasteiger partial charge in [-0.05, 0) is 31.5 Å². The van der Waals surface area contributed by atoms with Crippen LogP contribution in [0, 0.1) is 6.92 Å².